The Morgan fingerprint density at radius 3 is 2.70 bits per heavy atom. The number of benzene rings is 2. The van der Waals surface area contributed by atoms with Crippen LogP contribution in [0.15, 0.2) is 54.0 Å². The van der Waals surface area contributed by atoms with Gasteiger partial charge in [0.15, 0.2) is 0 Å². The highest BCUT2D eigenvalue weighted by Crippen LogP contribution is 2.40. The highest BCUT2D eigenvalue weighted by Gasteiger charge is 2.24. The Kier molecular flexibility index (Phi) is 3.07. The third-order valence-electron chi connectivity index (χ3n) is 3.22. The molecule has 0 spiro atoms. The molecule has 100 valence electrons. The SMILES string of the molecule is C=C1c2c(Cl)cccc2N=C(C)N1c1cccc(F)c1. The van der Waals surface area contributed by atoms with Crippen molar-refractivity contribution in [1.29, 1.82) is 0 Å². The third kappa shape index (κ3) is 2.00. The van der Waals surface area contributed by atoms with Gasteiger partial charge in [0.25, 0.3) is 0 Å². The number of rotatable bonds is 1. The number of halogens is 2. The van der Waals surface area contributed by atoms with E-state index in [1.165, 1.54) is 12.1 Å². The lowest BCUT2D eigenvalue weighted by atomic mass is 10.1. The van der Waals surface area contributed by atoms with Crippen LogP contribution in [0.4, 0.5) is 15.8 Å². The van der Waals surface area contributed by atoms with Crippen LogP contribution in [0.1, 0.15) is 12.5 Å². The number of anilines is 1. The summed E-state index contributed by atoms with van der Waals surface area (Å²) in [5.41, 5.74) is 2.95. The molecule has 2 aromatic rings. The molecule has 20 heavy (non-hydrogen) atoms. The molecular weight excluding hydrogens is 275 g/mol. The van der Waals surface area contributed by atoms with Crippen molar-refractivity contribution in [2.24, 2.45) is 4.99 Å². The van der Waals surface area contributed by atoms with Gasteiger partial charge in [-0.3, -0.25) is 4.90 Å². The maximum Gasteiger partial charge on any atom is 0.125 e. The normalized spacial score (nSPS) is 14.1. The number of amidine groups is 1. The van der Waals surface area contributed by atoms with Crippen LogP contribution in [0.3, 0.4) is 0 Å². The van der Waals surface area contributed by atoms with Gasteiger partial charge >= 0.3 is 0 Å². The van der Waals surface area contributed by atoms with Crippen LogP contribution >= 0.6 is 11.6 Å². The minimum Gasteiger partial charge on any atom is -0.298 e. The molecule has 0 saturated carbocycles. The molecule has 0 amide bonds. The number of aliphatic imine (C=N–C) groups is 1. The highest BCUT2D eigenvalue weighted by molar-refractivity contribution is 6.33. The molecule has 0 bridgehead atoms. The molecular formula is C16H12ClFN2. The summed E-state index contributed by atoms with van der Waals surface area (Å²) in [5, 5.41) is 0.588. The van der Waals surface area contributed by atoms with Gasteiger partial charge < -0.3 is 0 Å². The Hall–Kier alpha value is -2.13. The van der Waals surface area contributed by atoms with Crippen LogP contribution in [0.25, 0.3) is 5.70 Å². The molecule has 1 heterocycles. The van der Waals surface area contributed by atoms with E-state index in [-0.39, 0.29) is 5.82 Å². The molecule has 0 N–H and O–H groups in total. The second-order valence-electron chi connectivity index (χ2n) is 4.55. The van der Waals surface area contributed by atoms with Crippen molar-refractivity contribution in [3.63, 3.8) is 0 Å². The zero-order valence-electron chi connectivity index (χ0n) is 10.9. The maximum absolute atomic E-state index is 13.4. The van der Waals surface area contributed by atoms with E-state index in [0.717, 1.165) is 17.1 Å². The molecule has 0 saturated heterocycles. The summed E-state index contributed by atoms with van der Waals surface area (Å²) in [6.07, 6.45) is 0. The minimum absolute atomic E-state index is 0.298. The fourth-order valence-corrected chi connectivity index (χ4v) is 2.66. The molecule has 3 rings (SSSR count). The van der Waals surface area contributed by atoms with Gasteiger partial charge in [-0.2, -0.15) is 0 Å². The van der Waals surface area contributed by atoms with Crippen molar-refractivity contribution in [1.82, 2.24) is 0 Å². The van der Waals surface area contributed by atoms with Gasteiger partial charge in [-0.1, -0.05) is 30.3 Å². The lowest BCUT2D eigenvalue weighted by Crippen LogP contribution is -2.29. The first-order valence-corrected chi connectivity index (χ1v) is 6.54. The van der Waals surface area contributed by atoms with E-state index < -0.39 is 0 Å². The van der Waals surface area contributed by atoms with E-state index in [1.807, 2.05) is 25.1 Å². The van der Waals surface area contributed by atoms with Gasteiger partial charge in [0.1, 0.15) is 11.7 Å². The standard InChI is InChI=1S/C16H12ClFN2/c1-10-16-14(17)7-4-8-15(16)19-11(2)20(10)13-6-3-5-12(18)9-13/h3-9H,1H2,2H3. The fourth-order valence-electron chi connectivity index (χ4n) is 2.38. The first-order chi connectivity index (χ1) is 9.58. The Morgan fingerprint density at radius 2 is 1.95 bits per heavy atom. The lowest BCUT2D eigenvalue weighted by molar-refractivity contribution is 0.628. The monoisotopic (exact) mass is 286 g/mol. The Labute approximate surface area is 121 Å². The average molecular weight is 287 g/mol. The topological polar surface area (TPSA) is 15.6 Å². The van der Waals surface area contributed by atoms with Crippen LogP contribution in [-0.4, -0.2) is 5.84 Å². The van der Waals surface area contributed by atoms with E-state index in [2.05, 4.69) is 11.6 Å². The molecule has 0 aliphatic carbocycles. The Balaban J connectivity index is 2.17. The van der Waals surface area contributed by atoms with E-state index in [9.17, 15) is 4.39 Å². The van der Waals surface area contributed by atoms with Crippen LogP contribution < -0.4 is 4.90 Å². The van der Waals surface area contributed by atoms with Crippen LogP contribution in [0.5, 0.6) is 0 Å². The molecule has 0 unspecified atom stereocenters. The molecule has 1 aliphatic rings. The second kappa shape index (κ2) is 4.76. The van der Waals surface area contributed by atoms with Crippen molar-refractivity contribution in [3.8, 4) is 0 Å². The molecule has 0 fully saturated rings. The Bertz CT molecular complexity index is 737. The number of hydrogen-bond donors (Lipinski definition) is 0. The zero-order valence-corrected chi connectivity index (χ0v) is 11.7. The molecule has 2 aromatic carbocycles. The number of hydrogen-bond acceptors (Lipinski definition) is 2. The summed E-state index contributed by atoms with van der Waals surface area (Å²) in [4.78, 5) is 6.32. The van der Waals surface area contributed by atoms with Crippen LogP contribution in [0, 0.1) is 5.82 Å². The van der Waals surface area contributed by atoms with Gasteiger partial charge in [0, 0.05) is 5.56 Å². The van der Waals surface area contributed by atoms with Gasteiger partial charge in [0.05, 0.1) is 22.1 Å². The first-order valence-electron chi connectivity index (χ1n) is 6.16. The van der Waals surface area contributed by atoms with Crippen molar-refractivity contribution in [3.05, 3.63) is 65.4 Å². The summed E-state index contributed by atoms with van der Waals surface area (Å²) < 4.78 is 13.4. The largest absolute Gasteiger partial charge is 0.298 e. The molecule has 1 aliphatic heterocycles. The van der Waals surface area contributed by atoms with Gasteiger partial charge in [0.2, 0.25) is 0 Å². The highest BCUT2D eigenvalue weighted by atomic mass is 35.5. The van der Waals surface area contributed by atoms with E-state index in [1.54, 1.807) is 17.0 Å². The van der Waals surface area contributed by atoms with Crippen LogP contribution in [0.2, 0.25) is 5.02 Å². The van der Waals surface area contributed by atoms with E-state index in [0.29, 0.717) is 16.4 Å². The molecule has 0 atom stereocenters. The van der Waals surface area contributed by atoms with Gasteiger partial charge in [-0.15, -0.1) is 0 Å². The summed E-state index contributed by atoms with van der Waals surface area (Å²) in [5.74, 6) is 0.434. The lowest BCUT2D eigenvalue weighted by Gasteiger charge is -2.31. The molecule has 4 heteroatoms. The quantitative estimate of drug-likeness (QED) is 0.719. The van der Waals surface area contributed by atoms with Crippen molar-refractivity contribution in [2.75, 3.05) is 4.90 Å². The second-order valence-corrected chi connectivity index (χ2v) is 4.96. The minimum atomic E-state index is -0.298. The summed E-state index contributed by atoms with van der Waals surface area (Å²) in [6.45, 7) is 5.95. The zero-order chi connectivity index (χ0) is 14.3. The summed E-state index contributed by atoms with van der Waals surface area (Å²) >= 11 is 6.24. The Morgan fingerprint density at radius 1 is 1.20 bits per heavy atom. The smallest absolute Gasteiger partial charge is 0.125 e. The van der Waals surface area contributed by atoms with Crippen molar-refractivity contribution < 1.29 is 4.39 Å². The summed E-state index contributed by atoms with van der Waals surface area (Å²) in [6, 6.07) is 11.9. The van der Waals surface area contributed by atoms with Crippen LogP contribution in [-0.2, 0) is 0 Å². The third-order valence-corrected chi connectivity index (χ3v) is 3.54. The molecule has 0 radical (unpaired) electrons. The van der Waals surface area contributed by atoms with E-state index in [4.69, 9.17) is 11.6 Å². The maximum atomic E-state index is 13.4. The average Bonchev–Trinajstić information content (AvgIpc) is 2.38. The number of nitrogens with zero attached hydrogens (tertiary/aromatic N) is 2. The van der Waals surface area contributed by atoms with Crippen molar-refractivity contribution in [2.45, 2.75) is 6.92 Å². The summed E-state index contributed by atoms with van der Waals surface area (Å²) in [7, 11) is 0. The first kappa shape index (κ1) is 12.9. The van der Waals surface area contributed by atoms with Gasteiger partial charge in [-0.25, -0.2) is 9.38 Å². The predicted octanol–water partition coefficient (Wildman–Crippen LogP) is 5.02. The molecule has 2 nitrogen and oxygen atoms in total. The molecule has 0 aromatic heterocycles. The predicted molar refractivity (Wildman–Crippen MR) is 82.1 cm³/mol. The van der Waals surface area contributed by atoms with E-state index >= 15 is 0 Å². The number of fused-ring (bicyclic) bond motifs is 1. The van der Waals surface area contributed by atoms with Crippen molar-refractivity contribution >= 4 is 34.5 Å². The fraction of sp³-hybridized carbons (Fsp3) is 0.0625. The van der Waals surface area contributed by atoms with Gasteiger partial charge in [-0.05, 0) is 37.3 Å².